The van der Waals surface area contributed by atoms with Gasteiger partial charge in [-0.05, 0) is 56.6 Å². The summed E-state index contributed by atoms with van der Waals surface area (Å²) in [4.78, 5) is 65.1. The number of likely N-dealkylation sites (tertiary alicyclic amines) is 2. The second-order valence-electron chi connectivity index (χ2n) is 17.0. The SMILES string of the molecule is C=C[C@H]1C[C@]1(NC(=O)[C@@H]1C[C@@H](Oc2cc(-c3ccccc3)nc3cc(OC)ccc23)CN1C(=O)[C@@H](CC(=O)N1CCCCC1)C(C)(C)C)C(=O)NS(=O)(=O)C(C)CC. The summed E-state index contributed by atoms with van der Waals surface area (Å²) in [7, 11) is -2.44. The van der Waals surface area contributed by atoms with Gasteiger partial charge >= 0.3 is 0 Å². The van der Waals surface area contributed by atoms with E-state index in [0.29, 0.717) is 41.2 Å². The lowest BCUT2D eigenvalue weighted by molar-refractivity contribution is -0.148. The monoisotopic (exact) mass is 815 g/mol. The van der Waals surface area contributed by atoms with E-state index in [9.17, 15) is 27.6 Å². The van der Waals surface area contributed by atoms with E-state index in [4.69, 9.17) is 14.5 Å². The molecular weight excluding hydrogens is 759 g/mol. The Balaban J connectivity index is 1.35. The van der Waals surface area contributed by atoms with Crippen LogP contribution in [0.15, 0.2) is 67.3 Å². The van der Waals surface area contributed by atoms with Crippen LogP contribution in [0.5, 0.6) is 11.5 Å². The average molecular weight is 816 g/mol. The van der Waals surface area contributed by atoms with Crippen molar-refractivity contribution in [3.63, 3.8) is 0 Å². The minimum Gasteiger partial charge on any atom is -0.497 e. The zero-order valence-corrected chi connectivity index (χ0v) is 35.3. The minimum absolute atomic E-state index is 0.0195. The molecule has 4 amide bonds. The average Bonchev–Trinajstić information content (AvgIpc) is 3.77. The number of benzene rings is 2. The third-order valence-corrected chi connectivity index (χ3v) is 13.9. The number of sulfonamides is 1. The third kappa shape index (κ3) is 9.01. The topological polar surface area (TPSA) is 164 Å². The Morgan fingerprint density at radius 1 is 1.05 bits per heavy atom. The van der Waals surface area contributed by atoms with Crippen LogP contribution < -0.4 is 19.5 Å². The normalized spacial score (nSPS) is 23.1. The highest BCUT2D eigenvalue weighted by atomic mass is 32.2. The van der Waals surface area contributed by atoms with Gasteiger partial charge in [0.1, 0.15) is 29.2 Å². The number of hydrogen-bond donors (Lipinski definition) is 2. The van der Waals surface area contributed by atoms with Crippen LogP contribution in [0.1, 0.15) is 79.6 Å². The number of methoxy groups -OCH3 is 1. The van der Waals surface area contributed by atoms with Crippen molar-refractivity contribution in [3.05, 3.63) is 67.3 Å². The van der Waals surface area contributed by atoms with Gasteiger partial charge in [-0.2, -0.15) is 0 Å². The van der Waals surface area contributed by atoms with Crippen molar-refractivity contribution < 1.29 is 37.1 Å². The van der Waals surface area contributed by atoms with Crippen LogP contribution in [0.3, 0.4) is 0 Å². The van der Waals surface area contributed by atoms with Crippen molar-refractivity contribution in [2.24, 2.45) is 17.3 Å². The molecule has 2 aromatic carbocycles. The van der Waals surface area contributed by atoms with Crippen LogP contribution in [-0.2, 0) is 29.2 Å². The van der Waals surface area contributed by atoms with Crippen LogP contribution in [-0.4, -0.2) is 96.5 Å². The Morgan fingerprint density at radius 2 is 1.76 bits per heavy atom. The van der Waals surface area contributed by atoms with Gasteiger partial charge in [0.15, 0.2) is 0 Å². The Kier molecular flexibility index (Phi) is 12.6. The summed E-state index contributed by atoms with van der Waals surface area (Å²) in [6.07, 6.45) is 4.20. The fraction of sp³-hybridized carbons (Fsp3) is 0.523. The van der Waals surface area contributed by atoms with Crippen molar-refractivity contribution in [2.75, 3.05) is 26.7 Å². The number of carbonyl (C=O) groups excluding carboxylic acids is 4. The highest BCUT2D eigenvalue weighted by Crippen LogP contribution is 2.45. The lowest BCUT2D eigenvalue weighted by Gasteiger charge is -2.36. The zero-order chi connectivity index (χ0) is 42.0. The van der Waals surface area contributed by atoms with Crippen molar-refractivity contribution in [1.82, 2.24) is 24.8 Å². The second-order valence-corrected chi connectivity index (χ2v) is 19.1. The molecule has 1 aliphatic carbocycles. The molecule has 2 aliphatic heterocycles. The molecule has 1 aromatic heterocycles. The Bertz CT molecular complexity index is 2150. The van der Waals surface area contributed by atoms with Gasteiger partial charge in [-0.15, -0.1) is 6.58 Å². The molecule has 1 unspecified atom stereocenters. The summed E-state index contributed by atoms with van der Waals surface area (Å²) >= 11 is 0. The fourth-order valence-corrected chi connectivity index (χ4v) is 9.08. The highest BCUT2D eigenvalue weighted by molar-refractivity contribution is 7.90. The maximum absolute atomic E-state index is 14.9. The summed E-state index contributed by atoms with van der Waals surface area (Å²) in [6, 6.07) is 15.9. The van der Waals surface area contributed by atoms with Gasteiger partial charge in [-0.3, -0.25) is 23.9 Å². The van der Waals surface area contributed by atoms with Crippen LogP contribution in [0.2, 0.25) is 0 Å². The molecular formula is C44H57N5O8S. The molecule has 13 nitrogen and oxygen atoms in total. The van der Waals surface area contributed by atoms with Gasteiger partial charge in [-0.25, -0.2) is 13.4 Å². The van der Waals surface area contributed by atoms with E-state index in [2.05, 4.69) is 16.6 Å². The van der Waals surface area contributed by atoms with E-state index in [-0.39, 0.29) is 44.0 Å². The fourth-order valence-electron chi connectivity index (χ4n) is 8.00. The van der Waals surface area contributed by atoms with Crippen LogP contribution in [0, 0.1) is 17.3 Å². The van der Waals surface area contributed by atoms with Crippen molar-refractivity contribution in [2.45, 2.75) is 102 Å². The molecule has 2 saturated heterocycles. The number of nitrogens with zero attached hydrogens (tertiary/aromatic N) is 3. The predicted molar refractivity (Wildman–Crippen MR) is 222 cm³/mol. The Labute approximate surface area is 342 Å². The van der Waals surface area contributed by atoms with Crippen LogP contribution in [0.4, 0.5) is 0 Å². The standard InChI is InChI=1S/C44H57N5O8S/c1-8-28(3)58(54,55)47-42(53)44(26-30(44)9-2)46-40(51)37-23-32(27-49(37)41(52)34(43(4,5)6)24-39(50)48-20-14-11-15-21-48)57-38-25-35(29-16-12-10-13-17-29)45-36-22-31(56-7)18-19-33(36)38/h9-10,12-13,16-19,22,25,28,30,32,34,37H,2,8,11,14-15,20-21,23-24,26-27H2,1,3-7H3,(H,46,51)(H,47,53)/t28?,30-,32+,34+,37-,44+/m0/s1. The third-order valence-electron chi connectivity index (χ3n) is 12.0. The summed E-state index contributed by atoms with van der Waals surface area (Å²) in [6.45, 7) is 14.1. The van der Waals surface area contributed by atoms with Crippen molar-refractivity contribution in [1.29, 1.82) is 0 Å². The maximum atomic E-state index is 14.9. The minimum atomic E-state index is -4.02. The second kappa shape index (κ2) is 17.1. The molecule has 0 bridgehead atoms. The molecule has 3 fully saturated rings. The molecule has 3 aliphatic rings. The number of piperidine rings is 1. The van der Waals surface area contributed by atoms with Crippen LogP contribution >= 0.6 is 0 Å². The molecule has 58 heavy (non-hydrogen) atoms. The van der Waals surface area contributed by atoms with Crippen LogP contribution in [0.25, 0.3) is 22.2 Å². The lowest BCUT2D eigenvalue weighted by Crippen LogP contribution is -2.57. The van der Waals surface area contributed by atoms with Gasteiger partial charge in [0, 0.05) is 54.9 Å². The van der Waals surface area contributed by atoms with E-state index >= 15 is 0 Å². The number of pyridine rings is 1. The first kappa shape index (κ1) is 42.6. The first-order valence-corrected chi connectivity index (χ1v) is 21.9. The first-order valence-electron chi connectivity index (χ1n) is 20.3. The molecule has 1 saturated carbocycles. The van der Waals surface area contributed by atoms with E-state index in [1.807, 2.05) is 80.3 Å². The number of nitrogens with one attached hydrogen (secondary N) is 2. The Morgan fingerprint density at radius 3 is 2.38 bits per heavy atom. The number of carbonyl (C=O) groups is 4. The number of aromatic nitrogens is 1. The molecule has 6 rings (SSSR count). The predicted octanol–water partition coefficient (Wildman–Crippen LogP) is 5.63. The molecule has 6 atom stereocenters. The van der Waals surface area contributed by atoms with Crippen molar-refractivity contribution in [3.8, 4) is 22.8 Å². The smallest absolute Gasteiger partial charge is 0.259 e. The molecule has 0 spiro atoms. The van der Waals surface area contributed by atoms with Gasteiger partial charge in [-0.1, -0.05) is 64.1 Å². The van der Waals surface area contributed by atoms with Gasteiger partial charge in [0.05, 0.1) is 36.0 Å². The molecule has 3 aromatic rings. The molecule has 312 valence electrons. The van der Waals surface area contributed by atoms with Crippen molar-refractivity contribution >= 4 is 44.6 Å². The summed E-state index contributed by atoms with van der Waals surface area (Å²) < 4.78 is 40.4. The molecule has 0 radical (unpaired) electrons. The van der Waals surface area contributed by atoms with E-state index < -0.39 is 62.0 Å². The van der Waals surface area contributed by atoms with Gasteiger partial charge in [0.2, 0.25) is 27.7 Å². The summed E-state index contributed by atoms with van der Waals surface area (Å²) in [5, 5.41) is 2.74. The zero-order valence-electron chi connectivity index (χ0n) is 34.5. The lowest BCUT2D eigenvalue weighted by atomic mass is 9.77. The Hall–Kier alpha value is -4.98. The molecule has 3 heterocycles. The number of fused-ring (bicyclic) bond motifs is 1. The number of hydrogen-bond acceptors (Lipinski definition) is 9. The quantitative estimate of drug-likeness (QED) is 0.197. The summed E-state index contributed by atoms with van der Waals surface area (Å²) in [5.41, 5.74) is -0.0619. The van der Waals surface area contributed by atoms with E-state index in [1.165, 1.54) is 17.9 Å². The van der Waals surface area contributed by atoms with E-state index in [0.717, 1.165) is 24.8 Å². The van der Waals surface area contributed by atoms with Gasteiger partial charge in [0.25, 0.3) is 5.91 Å². The maximum Gasteiger partial charge on any atom is 0.259 e. The highest BCUT2D eigenvalue weighted by Gasteiger charge is 2.61. The number of rotatable bonds is 14. The molecule has 14 heteroatoms. The molecule has 2 N–H and O–H groups in total. The number of amides is 4. The van der Waals surface area contributed by atoms with Gasteiger partial charge < -0.3 is 24.6 Å². The summed E-state index contributed by atoms with van der Waals surface area (Å²) in [5.74, 6) is -2.11. The largest absolute Gasteiger partial charge is 0.497 e. The first-order chi connectivity index (χ1) is 27.5. The number of ether oxygens (including phenoxy) is 2. The van der Waals surface area contributed by atoms with E-state index in [1.54, 1.807) is 14.0 Å².